The third-order valence-electron chi connectivity index (χ3n) is 4.71. The Balaban J connectivity index is 0.00000288. The maximum Gasteiger partial charge on any atom is 0.227 e. The molecule has 0 spiro atoms. The van der Waals surface area contributed by atoms with Crippen LogP contribution in [0.25, 0.3) is 5.69 Å². The van der Waals surface area contributed by atoms with E-state index in [0.717, 1.165) is 24.1 Å². The molecule has 1 atom stereocenters. The van der Waals surface area contributed by atoms with Crippen LogP contribution in [0.5, 0.6) is 0 Å². The molecule has 0 bridgehead atoms. The van der Waals surface area contributed by atoms with Crippen LogP contribution in [0.3, 0.4) is 0 Å². The average molecular weight is 351 g/mol. The Hall–Kier alpha value is -1.85. The Bertz CT molecular complexity index is 630. The third kappa shape index (κ3) is 4.16. The van der Waals surface area contributed by atoms with E-state index >= 15 is 0 Å². The summed E-state index contributed by atoms with van der Waals surface area (Å²) in [6, 6.07) is 9.83. The summed E-state index contributed by atoms with van der Waals surface area (Å²) in [6.07, 6.45) is 5.13. The van der Waals surface area contributed by atoms with Gasteiger partial charge in [0.15, 0.2) is 0 Å². The second-order valence-corrected chi connectivity index (χ2v) is 5.93. The van der Waals surface area contributed by atoms with Crippen LogP contribution < -0.4 is 11.1 Å². The van der Waals surface area contributed by atoms with Crippen molar-refractivity contribution >= 4 is 18.3 Å². The number of amides is 1. The van der Waals surface area contributed by atoms with E-state index in [-0.39, 0.29) is 24.4 Å². The molecule has 0 saturated heterocycles. The highest BCUT2D eigenvalue weighted by Gasteiger charge is 2.34. The summed E-state index contributed by atoms with van der Waals surface area (Å²) in [5.41, 5.74) is 7.40. The molecule has 6 heteroatoms. The predicted molar refractivity (Wildman–Crippen MR) is 99.4 cm³/mol. The van der Waals surface area contributed by atoms with Gasteiger partial charge >= 0.3 is 0 Å². The highest BCUT2D eigenvalue weighted by molar-refractivity contribution is 5.85. The lowest BCUT2D eigenvalue weighted by Gasteiger charge is -2.30. The Kier molecular flexibility index (Phi) is 7.45. The van der Waals surface area contributed by atoms with E-state index in [9.17, 15) is 4.79 Å². The first-order valence-corrected chi connectivity index (χ1v) is 8.17. The number of hydrogen-bond acceptors (Lipinski definition) is 3. The first kappa shape index (κ1) is 20.2. The molecule has 3 N–H and O–H groups in total. The van der Waals surface area contributed by atoms with Gasteiger partial charge in [0.25, 0.3) is 0 Å². The van der Waals surface area contributed by atoms with Crippen molar-refractivity contribution in [3.8, 4) is 5.69 Å². The van der Waals surface area contributed by atoms with Crippen molar-refractivity contribution in [1.82, 2.24) is 15.1 Å². The van der Waals surface area contributed by atoms with Crippen LogP contribution in [0.1, 0.15) is 45.2 Å². The lowest BCUT2D eigenvalue weighted by Crippen LogP contribution is -2.46. The summed E-state index contributed by atoms with van der Waals surface area (Å²) >= 11 is 0. The van der Waals surface area contributed by atoms with E-state index in [2.05, 4.69) is 10.4 Å². The van der Waals surface area contributed by atoms with Crippen molar-refractivity contribution in [2.75, 3.05) is 6.54 Å². The van der Waals surface area contributed by atoms with Crippen molar-refractivity contribution in [3.63, 3.8) is 0 Å². The summed E-state index contributed by atoms with van der Waals surface area (Å²) in [4.78, 5) is 12.6. The minimum atomic E-state index is -0.478. The molecular formula is C18H27ClN4O. The molecule has 0 aliphatic heterocycles. The number of nitrogens with two attached hydrogens (primary N) is 1. The van der Waals surface area contributed by atoms with Gasteiger partial charge in [0, 0.05) is 18.9 Å². The fourth-order valence-corrected chi connectivity index (χ4v) is 2.74. The topological polar surface area (TPSA) is 72.9 Å². The smallest absolute Gasteiger partial charge is 0.227 e. The van der Waals surface area contributed by atoms with E-state index in [0.29, 0.717) is 6.54 Å². The van der Waals surface area contributed by atoms with E-state index in [1.165, 1.54) is 0 Å². The number of nitrogens with one attached hydrogen (secondary N) is 1. The van der Waals surface area contributed by atoms with E-state index in [1.807, 2.05) is 57.3 Å². The molecule has 0 saturated carbocycles. The highest BCUT2D eigenvalue weighted by atomic mass is 35.5. The van der Waals surface area contributed by atoms with Crippen molar-refractivity contribution in [2.45, 2.75) is 39.7 Å². The van der Waals surface area contributed by atoms with Crippen LogP contribution in [-0.2, 0) is 4.79 Å². The Labute approximate surface area is 150 Å². The van der Waals surface area contributed by atoms with Crippen LogP contribution in [0.4, 0.5) is 0 Å². The van der Waals surface area contributed by atoms with E-state index < -0.39 is 5.41 Å². The molecule has 0 radical (unpaired) electrons. The molecule has 1 heterocycles. The van der Waals surface area contributed by atoms with Gasteiger partial charge in [-0.25, -0.2) is 4.68 Å². The maximum absolute atomic E-state index is 12.6. The summed E-state index contributed by atoms with van der Waals surface area (Å²) in [7, 11) is 0. The molecule has 1 aromatic carbocycles. The zero-order valence-corrected chi connectivity index (χ0v) is 15.3. The number of carbonyl (C=O) groups is 1. The Morgan fingerprint density at radius 1 is 1.33 bits per heavy atom. The fraction of sp³-hybridized carbons (Fsp3) is 0.444. The van der Waals surface area contributed by atoms with Gasteiger partial charge in [0.1, 0.15) is 0 Å². The lowest BCUT2D eigenvalue weighted by molar-refractivity contribution is -0.131. The van der Waals surface area contributed by atoms with Gasteiger partial charge < -0.3 is 11.1 Å². The van der Waals surface area contributed by atoms with Crippen LogP contribution in [0.15, 0.2) is 42.7 Å². The van der Waals surface area contributed by atoms with Crippen LogP contribution in [0, 0.1) is 5.41 Å². The maximum atomic E-state index is 12.6. The molecule has 2 rings (SSSR count). The minimum absolute atomic E-state index is 0. The second-order valence-electron chi connectivity index (χ2n) is 5.93. The number of nitrogens with zero attached hydrogens (tertiary/aromatic N) is 2. The molecular weight excluding hydrogens is 324 g/mol. The first-order chi connectivity index (χ1) is 11.1. The molecule has 0 fully saturated rings. The van der Waals surface area contributed by atoms with Crippen molar-refractivity contribution in [2.24, 2.45) is 11.1 Å². The van der Waals surface area contributed by atoms with Gasteiger partial charge in [0.05, 0.1) is 17.1 Å². The molecule has 2 aromatic rings. The summed E-state index contributed by atoms with van der Waals surface area (Å²) in [5.74, 6) is 0.0296. The van der Waals surface area contributed by atoms with Crippen molar-refractivity contribution in [1.29, 1.82) is 0 Å². The second kappa shape index (κ2) is 8.85. The molecule has 1 unspecified atom stereocenters. The molecule has 0 aliphatic rings. The van der Waals surface area contributed by atoms with Crippen LogP contribution in [0.2, 0.25) is 0 Å². The summed E-state index contributed by atoms with van der Waals surface area (Å²) in [6.45, 7) is 6.39. The summed E-state index contributed by atoms with van der Waals surface area (Å²) < 4.78 is 1.81. The molecule has 132 valence electrons. The monoisotopic (exact) mass is 350 g/mol. The predicted octanol–water partition coefficient (Wildman–Crippen LogP) is 3.24. The molecule has 24 heavy (non-hydrogen) atoms. The van der Waals surface area contributed by atoms with Gasteiger partial charge in [-0.2, -0.15) is 5.10 Å². The Morgan fingerprint density at radius 3 is 2.58 bits per heavy atom. The van der Waals surface area contributed by atoms with Crippen LogP contribution >= 0.6 is 12.4 Å². The summed E-state index contributed by atoms with van der Waals surface area (Å²) in [5, 5.41) is 7.35. The first-order valence-electron chi connectivity index (χ1n) is 8.17. The number of rotatable bonds is 7. The van der Waals surface area contributed by atoms with Gasteiger partial charge in [-0.15, -0.1) is 12.4 Å². The third-order valence-corrected chi connectivity index (χ3v) is 4.71. The number of aromatic nitrogens is 2. The van der Waals surface area contributed by atoms with E-state index in [1.54, 1.807) is 10.9 Å². The molecule has 0 aliphatic carbocycles. The quantitative estimate of drug-likeness (QED) is 0.805. The Morgan fingerprint density at radius 2 is 2.04 bits per heavy atom. The van der Waals surface area contributed by atoms with Gasteiger partial charge in [-0.05, 0) is 43.5 Å². The van der Waals surface area contributed by atoms with Gasteiger partial charge in [-0.3, -0.25) is 4.79 Å². The highest BCUT2D eigenvalue weighted by Crippen LogP contribution is 2.27. The number of hydrogen-bond donors (Lipinski definition) is 2. The van der Waals surface area contributed by atoms with Crippen LogP contribution in [-0.4, -0.2) is 22.2 Å². The van der Waals surface area contributed by atoms with Crippen molar-refractivity contribution in [3.05, 3.63) is 48.3 Å². The lowest BCUT2D eigenvalue weighted by atomic mass is 9.81. The SMILES string of the molecule is CCC(CC)(CN)C(=O)NC(C)c1cccc(-n2cccn2)c1.Cl. The van der Waals surface area contributed by atoms with Crippen molar-refractivity contribution < 1.29 is 4.79 Å². The average Bonchev–Trinajstić information content (AvgIpc) is 3.11. The minimum Gasteiger partial charge on any atom is -0.349 e. The zero-order chi connectivity index (χ0) is 16.9. The number of benzene rings is 1. The largest absolute Gasteiger partial charge is 0.349 e. The van der Waals surface area contributed by atoms with E-state index in [4.69, 9.17) is 5.73 Å². The van der Waals surface area contributed by atoms with Gasteiger partial charge in [-0.1, -0.05) is 26.0 Å². The number of carbonyl (C=O) groups excluding carboxylic acids is 1. The molecule has 5 nitrogen and oxygen atoms in total. The molecule has 1 aromatic heterocycles. The fourth-order valence-electron chi connectivity index (χ4n) is 2.74. The van der Waals surface area contributed by atoms with Gasteiger partial charge in [0.2, 0.25) is 5.91 Å². The normalized spacial score (nSPS) is 12.3. The zero-order valence-electron chi connectivity index (χ0n) is 14.5. The standard InChI is InChI=1S/C18H26N4O.ClH/c1-4-18(5-2,13-19)17(23)21-14(3)15-8-6-9-16(12-15)22-11-7-10-20-22;/h6-12,14H,4-5,13,19H2,1-3H3,(H,21,23);1H. The number of halogens is 1. The molecule has 1 amide bonds.